The Bertz CT molecular complexity index is 755. The fraction of sp³-hybridized carbons (Fsp3) is 0.409. The summed E-state index contributed by atoms with van der Waals surface area (Å²) in [5.74, 6) is 0.968. The third kappa shape index (κ3) is 4.79. The molecule has 3 rings (SSSR count). The predicted octanol–water partition coefficient (Wildman–Crippen LogP) is 4.07. The standard InChI is InChI=1S/C22H27FN2O2/c1-3-17(2)20-6-4-5-7-21(20)27-16-22(26)25-14-12-24(13-15-25)19-10-8-18(23)9-11-19/h4-11,17H,3,12-16H2,1-2H3. The molecular formula is C22H27FN2O2. The van der Waals surface area contributed by atoms with E-state index in [-0.39, 0.29) is 18.3 Å². The second kappa shape index (κ2) is 8.89. The molecule has 0 radical (unpaired) electrons. The molecule has 2 aromatic rings. The van der Waals surface area contributed by atoms with Crippen molar-refractivity contribution in [3.05, 3.63) is 59.9 Å². The minimum Gasteiger partial charge on any atom is -0.483 e. The Morgan fingerprint density at radius 2 is 1.74 bits per heavy atom. The Morgan fingerprint density at radius 3 is 2.41 bits per heavy atom. The van der Waals surface area contributed by atoms with Gasteiger partial charge >= 0.3 is 0 Å². The lowest BCUT2D eigenvalue weighted by Crippen LogP contribution is -2.50. The number of anilines is 1. The van der Waals surface area contributed by atoms with Gasteiger partial charge in [-0.05, 0) is 48.2 Å². The maximum absolute atomic E-state index is 13.1. The molecule has 144 valence electrons. The first-order valence-electron chi connectivity index (χ1n) is 9.58. The molecule has 0 spiro atoms. The van der Waals surface area contributed by atoms with Crippen LogP contribution in [0.2, 0.25) is 0 Å². The molecule has 1 fully saturated rings. The quantitative estimate of drug-likeness (QED) is 0.769. The number of carbonyl (C=O) groups excluding carboxylic acids is 1. The number of hydrogen-bond acceptors (Lipinski definition) is 3. The van der Waals surface area contributed by atoms with E-state index >= 15 is 0 Å². The minimum absolute atomic E-state index is 0.00714. The Hall–Kier alpha value is -2.56. The van der Waals surface area contributed by atoms with Crippen molar-refractivity contribution in [1.29, 1.82) is 0 Å². The fourth-order valence-electron chi connectivity index (χ4n) is 3.34. The van der Waals surface area contributed by atoms with Gasteiger partial charge in [0.05, 0.1) is 0 Å². The zero-order chi connectivity index (χ0) is 19.2. The number of nitrogens with zero attached hydrogens (tertiary/aromatic N) is 2. The van der Waals surface area contributed by atoms with Crippen molar-refractivity contribution in [2.24, 2.45) is 0 Å². The number of ether oxygens (including phenoxy) is 1. The summed E-state index contributed by atoms with van der Waals surface area (Å²) in [6.45, 7) is 7.14. The number of amides is 1. The van der Waals surface area contributed by atoms with Crippen LogP contribution in [0, 0.1) is 5.82 Å². The normalized spacial score (nSPS) is 15.5. The molecule has 0 aliphatic carbocycles. The van der Waals surface area contributed by atoms with Crippen molar-refractivity contribution >= 4 is 11.6 Å². The van der Waals surface area contributed by atoms with Gasteiger partial charge < -0.3 is 14.5 Å². The van der Waals surface area contributed by atoms with Gasteiger partial charge in [-0.25, -0.2) is 4.39 Å². The zero-order valence-electron chi connectivity index (χ0n) is 16.0. The molecule has 0 saturated carbocycles. The third-order valence-corrected chi connectivity index (χ3v) is 5.24. The number of carbonyl (C=O) groups is 1. The lowest BCUT2D eigenvalue weighted by atomic mass is 9.98. The number of para-hydroxylation sites is 1. The Labute approximate surface area is 160 Å². The summed E-state index contributed by atoms with van der Waals surface area (Å²) < 4.78 is 18.9. The van der Waals surface area contributed by atoms with Crippen molar-refractivity contribution in [3.8, 4) is 5.75 Å². The molecule has 1 saturated heterocycles. The maximum Gasteiger partial charge on any atom is 0.260 e. The summed E-state index contributed by atoms with van der Waals surface area (Å²) in [5.41, 5.74) is 2.14. The van der Waals surface area contributed by atoms with Gasteiger partial charge in [0.1, 0.15) is 11.6 Å². The van der Waals surface area contributed by atoms with E-state index in [9.17, 15) is 9.18 Å². The molecule has 1 amide bonds. The highest BCUT2D eigenvalue weighted by molar-refractivity contribution is 5.78. The van der Waals surface area contributed by atoms with E-state index in [1.54, 1.807) is 12.1 Å². The SMILES string of the molecule is CCC(C)c1ccccc1OCC(=O)N1CCN(c2ccc(F)cc2)CC1. The van der Waals surface area contributed by atoms with Crippen LogP contribution < -0.4 is 9.64 Å². The lowest BCUT2D eigenvalue weighted by molar-refractivity contribution is -0.133. The van der Waals surface area contributed by atoms with E-state index in [0.29, 0.717) is 19.0 Å². The van der Waals surface area contributed by atoms with Crippen molar-refractivity contribution in [1.82, 2.24) is 4.90 Å². The topological polar surface area (TPSA) is 32.8 Å². The van der Waals surface area contributed by atoms with Crippen LogP contribution >= 0.6 is 0 Å². The summed E-state index contributed by atoms with van der Waals surface area (Å²) in [7, 11) is 0. The highest BCUT2D eigenvalue weighted by Crippen LogP contribution is 2.28. The van der Waals surface area contributed by atoms with Gasteiger partial charge in [0.2, 0.25) is 0 Å². The summed E-state index contributed by atoms with van der Waals surface area (Å²) >= 11 is 0. The molecule has 1 heterocycles. The molecule has 4 nitrogen and oxygen atoms in total. The summed E-state index contributed by atoms with van der Waals surface area (Å²) in [6, 6.07) is 14.4. The second-order valence-corrected chi connectivity index (χ2v) is 6.98. The van der Waals surface area contributed by atoms with Crippen molar-refractivity contribution in [2.75, 3.05) is 37.7 Å². The van der Waals surface area contributed by atoms with Crippen LogP contribution in [0.15, 0.2) is 48.5 Å². The van der Waals surface area contributed by atoms with E-state index in [0.717, 1.165) is 36.5 Å². The Morgan fingerprint density at radius 1 is 1.07 bits per heavy atom. The monoisotopic (exact) mass is 370 g/mol. The van der Waals surface area contributed by atoms with Gasteiger partial charge in [0.15, 0.2) is 6.61 Å². The fourth-order valence-corrected chi connectivity index (χ4v) is 3.34. The van der Waals surface area contributed by atoms with Crippen LogP contribution in [0.25, 0.3) is 0 Å². The van der Waals surface area contributed by atoms with Crippen LogP contribution in [0.4, 0.5) is 10.1 Å². The molecule has 5 heteroatoms. The first-order valence-corrected chi connectivity index (χ1v) is 9.58. The van der Waals surface area contributed by atoms with Gasteiger partial charge in [-0.3, -0.25) is 4.79 Å². The third-order valence-electron chi connectivity index (χ3n) is 5.24. The number of hydrogen-bond donors (Lipinski definition) is 0. The summed E-state index contributed by atoms with van der Waals surface area (Å²) in [5, 5.41) is 0. The molecule has 0 aromatic heterocycles. The van der Waals surface area contributed by atoms with E-state index in [1.165, 1.54) is 12.1 Å². The molecule has 2 aromatic carbocycles. The maximum atomic E-state index is 13.1. The minimum atomic E-state index is -0.234. The number of rotatable bonds is 6. The van der Waals surface area contributed by atoms with E-state index < -0.39 is 0 Å². The molecule has 1 unspecified atom stereocenters. The highest BCUT2D eigenvalue weighted by atomic mass is 19.1. The average Bonchev–Trinajstić information content (AvgIpc) is 2.72. The first-order chi connectivity index (χ1) is 13.1. The van der Waals surface area contributed by atoms with Gasteiger partial charge in [-0.1, -0.05) is 32.0 Å². The summed E-state index contributed by atoms with van der Waals surface area (Å²) in [6.07, 6.45) is 1.03. The van der Waals surface area contributed by atoms with E-state index in [2.05, 4.69) is 24.8 Å². The molecule has 0 N–H and O–H groups in total. The van der Waals surface area contributed by atoms with Crippen LogP contribution in [-0.2, 0) is 4.79 Å². The zero-order valence-corrected chi connectivity index (χ0v) is 16.0. The van der Waals surface area contributed by atoms with Crippen molar-refractivity contribution in [2.45, 2.75) is 26.2 Å². The van der Waals surface area contributed by atoms with Gasteiger partial charge in [-0.2, -0.15) is 0 Å². The average molecular weight is 370 g/mol. The number of halogens is 1. The molecule has 1 aliphatic rings. The smallest absolute Gasteiger partial charge is 0.260 e. The molecule has 1 atom stereocenters. The summed E-state index contributed by atoms with van der Waals surface area (Å²) in [4.78, 5) is 16.6. The Kier molecular flexibility index (Phi) is 6.32. The van der Waals surface area contributed by atoms with Crippen LogP contribution in [-0.4, -0.2) is 43.6 Å². The van der Waals surface area contributed by atoms with Crippen molar-refractivity contribution in [3.63, 3.8) is 0 Å². The molecule has 27 heavy (non-hydrogen) atoms. The van der Waals surface area contributed by atoms with Gasteiger partial charge in [-0.15, -0.1) is 0 Å². The van der Waals surface area contributed by atoms with E-state index in [4.69, 9.17) is 4.74 Å². The van der Waals surface area contributed by atoms with Crippen LogP contribution in [0.3, 0.4) is 0 Å². The highest BCUT2D eigenvalue weighted by Gasteiger charge is 2.22. The van der Waals surface area contributed by atoms with Gasteiger partial charge in [0, 0.05) is 31.9 Å². The largest absolute Gasteiger partial charge is 0.483 e. The molecule has 0 bridgehead atoms. The van der Waals surface area contributed by atoms with Crippen molar-refractivity contribution < 1.29 is 13.9 Å². The Balaban J connectivity index is 1.52. The first kappa shape index (κ1) is 19.2. The van der Waals surface area contributed by atoms with Gasteiger partial charge in [0.25, 0.3) is 5.91 Å². The lowest BCUT2D eigenvalue weighted by Gasteiger charge is -2.36. The van der Waals surface area contributed by atoms with Crippen LogP contribution in [0.5, 0.6) is 5.75 Å². The molecule has 1 aliphatic heterocycles. The molecular weight excluding hydrogens is 343 g/mol. The predicted molar refractivity (Wildman–Crippen MR) is 106 cm³/mol. The van der Waals surface area contributed by atoms with Crippen LogP contribution in [0.1, 0.15) is 31.7 Å². The number of benzene rings is 2. The van der Waals surface area contributed by atoms with E-state index in [1.807, 2.05) is 23.1 Å². The second-order valence-electron chi connectivity index (χ2n) is 6.98. The number of piperazine rings is 1.